The maximum atomic E-state index is 5.85. The third kappa shape index (κ3) is 2.94. The van der Waals surface area contributed by atoms with E-state index in [0.29, 0.717) is 18.1 Å². The number of anilines is 2. The predicted molar refractivity (Wildman–Crippen MR) is 105 cm³/mol. The Kier molecular flexibility index (Phi) is 4.01. The summed E-state index contributed by atoms with van der Waals surface area (Å²) < 4.78 is 12.6. The fraction of sp³-hybridized carbons (Fsp3) is 0.150. The van der Waals surface area contributed by atoms with Crippen molar-refractivity contribution in [1.29, 1.82) is 0 Å². The van der Waals surface area contributed by atoms with Crippen molar-refractivity contribution in [2.24, 2.45) is 0 Å². The summed E-state index contributed by atoms with van der Waals surface area (Å²) in [4.78, 5) is 6.19. The van der Waals surface area contributed by atoms with Crippen LogP contribution in [-0.4, -0.2) is 21.7 Å². The number of halogens is 1. The Morgan fingerprint density at radius 1 is 1.11 bits per heavy atom. The van der Waals surface area contributed by atoms with E-state index in [1.807, 2.05) is 24.3 Å². The molecule has 1 aliphatic heterocycles. The average molecular weight is 423 g/mol. The van der Waals surface area contributed by atoms with E-state index in [4.69, 9.17) is 9.15 Å². The second kappa shape index (κ2) is 6.66. The molecule has 4 heterocycles. The third-order valence-electron chi connectivity index (χ3n) is 4.65. The summed E-state index contributed by atoms with van der Waals surface area (Å²) in [5.41, 5.74) is 4.07. The first kappa shape index (κ1) is 16.3. The molecule has 0 bridgehead atoms. The second-order valence-electron chi connectivity index (χ2n) is 6.31. The van der Waals surface area contributed by atoms with Crippen LogP contribution in [0, 0.1) is 0 Å². The lowest BCUT2D eigenvalue weighted by atomic mass is 10.2. The number of furan rings is 1. The Morgan fingerprint density at radius 3 is 2.89 bits per heavy atom. The number of pyridine rings is 1. The minimum atomic E-state index is 0.382. The maximum Gasteiger partial charge on any atom is 0.278 e. The van der Waals surface area contributed by atoms with Crippen LogP contribution in [-0.2, 0) is 13.0 Å². The van der Waals surface area contributed by atoms with Gasteiger partial charge in [-0.3, -0.25) is 4.98 Å². The van der Waals surface area contributed by atoms with E-state index in [0.717, 1.165) is 39.9 Å². The van der Waals surface area contributed by atoms with Crippen LogP contribution in [0.4, 0.5) is 11.5 Å². The summed E-state index contributed by atoms with van der Waals surface area (Å²) in [6.45, 7) is 1.24. The van der Waals surface area contributed by atoms with Crippen molar-refractivity contribution in [3.8, 4) is 5.88 Å². The highest BCUT2D eigenvalue weighted by Crippen LogP contribution is 2.39. The van der Waals surface area contributed by atoms with Gasteiger partial charge >= 0.3 is 0 Å². The van der Waals surface area contributed by atoms with E-state index >= 15 is 0 Å². The number of nitrogens with zero attached hydrogens (tertiary/aromatic N) is 4. The number of hydrogen-bond acceptors (Lipinski definition) is 6. The molecular weight excluding hydrogens is 408 g/mol. The van der Waals surface area contributed by atoms with Gasteiger partial charge in [-0.25, -0.2) is 0 Å². The summed E-state index contributed by atoms with van der Waals surface area (Å²) in [5, 5.41) is 9.65. The fourth-order valence-electron chi connectivity index (χ4n) is 3.36. The zero-order valence-corrected chi connectivity index (χ0v) is 15.9. The van der Waals surface area contributed by atoms with Gasteiger partial charge in [-0.1, -0.05) is 15.9 Å². The summed E-state index contributed by atoms with van der Waals surface area (Å²) in [7, 11) is 0. The van der Waals surface area contributed by atoms with Crippen LogP contribution in [0.5, 0.6) is 5.88 Å². The van der Waals surface area contributed by atoms with Crippen molar-refractivity contribution in [3.05, 3.63) is 70.7 Å². The van der Waals surface area contributed by atoms with E-state index in [1.54, 1.807) is 18.7 Å². The van der Waals surface area contributed by atoms with Gasteiger partial charge in [-0.05, 0) is 53.9 Å². The molecule has 0 spiro atoms. The van der Waals surface area contributed by atoms with E-state index in [1.165, 1.54) is 5.56 Å². The third-order valence-corrected chi connectivity index (χ3v) is 5.15. The monoisotopic (exact) mass is 422 g/mol. The Hall–Kier alpha value is -2.93. The summed E-state index contributed by atoms with van der Waals surface area (Å²) in [5.74, 6) is 1.18. The van der Waals surface area contributed by atoms with Gasteiger partial charge in [-0.2, -0.15) is 0 Å². The first-order chi connectivity index (χ1) is 13.3. The first-order valence-electron chi connectivity index (χ1n) is 8.61. The maximum absolute atomic E-state index is 5.85. The molecule has 5 rings (SSSR count). The molecule has 7 heteroatoms. The van der Waals surface area contributed by atoms with Gasteiger partial charge in [0.2, 0.25) is 5.58 Å². The van der Waals surface area contributed by atoms with Gasteiger partial charge in [0, 0.05) is 29.1 Å². The average Bonchev–Trinajstić information content (AvgIpc) is 3.34. The summed E-state index contributed by atoms with van der Waals surface area (Å²) in [6.07, 6.45) is 6.09. The van der Waals surface area contributed by atoms with Crippen LogP contribution in [0.1, 0.15) is 11.1 Å². The normalized spacial score (nSPS) is 13.1. The van der Waals surface area contributed by atoms with Gasteiger partial charge < -0.3 is 14.1 Å². The van der Waals surface area contributed by atoms with Gasteiger partial charge in [0.1, 0.15) is 6.61 Å². The van der Waals surface area contributed by atoms with Crippen molar-refractivity contribution in [2.45, 2.75) is 13.0 Å². The highest BCUT2D eigenvalue weighted by molar-refractivity contribution is 9.10. The van der Waals surface area contributed by atoms with Crippen LogP contribution in [0.2, 0.25) is 0 Å². The smallest absolute Gasteiger partial charge is 0.278 e. The van der Waals surface area contributed by atoms with E-state index in [-0.39, 0.29) is 0 Å². The summed E-state index contributed by atoms with van der Waals surface area (Å²) in [6, 6.07) is 12.0. The minimum absolute atomic E-state index is 0.382. The Labute approximate surface area is 163 Å². The molecule has 0 unspecified atom stereocenters. The van der Waals surface area contributed by atoms with Crippen LogP contribution >= 0.6 is 15.9 Å². The lowest BCUT2D eigenvalue weighted by Crippen LogP contribution is -2.16. The molecule has 0 saturated heterocycles. The molecule has 0 atom stereocenters. The number of fused-ring (bicyclic) bond motifs is 2. The highest BCUT2D eigenvalue weighted by atomic mass is 79.9. The van der Waals surface area contributed by atoms with E-state index in [2.05, 4.69) is 48.1 Å². The Balaban J connectivity index is 1.49. The van der Waals surface area contributed by atoms with Gasteiger partial charge in [0.25, 0.3) is 5.88 Å². The lowest BCUT2D eigenvalue weighted by Gasteiger charge is -2.19. The highest BCUT2D eigenvalue weighted by Gasteiger charge is 2.25. The molecule has 1 aliphatic rings. The molecule has 27 heavy (non-hydrogen) atoms. The molecule has 0 N–H and O–H groups in total. The number of aromatic nitrogens is 3. The first-order valence-corrected chi connectivity index (χ1v) is 9.40. The van der Waals surface area contributed by atoms with Crippen molar-refractivity contribution in [2.75, 3.05) is 11.4 Å². The largest absolute Gasteiger partial charge is 0.469 e. The van der Waals surface area contributed by atoms with Crippen LogP contribution < -0.4 is 9.64 Å². The topological polar surface area (TPSA) is 64.3 Å². The van der Waals surface area contributed by atoms with Crippen molar-refractivity contribution in [1.82, 2.24) is 15.2 Å². The second-order valence-corrected chi connectivity index (χ2v) is 7.23. The number of benzene rings is 1. The van der Waals surface area contributed by atoms with Gasteiger partial charge in [-0.15, -0.1) is 10.2 Å². The molecule has 0 aliphatic carbocycles. The number of rotatable bonds is 4. The zero-order chi connectivity index (χ0) is 18.2. The van der Waals surface area contributed by atoms with E-state index in [9.17, 15) is 0 Å². The van der Waals surface area contributed by atoms with E-state index < -0.39 is 0 Å². The summed E-state index contributed by atoms with van der Waals surface area (Å²) >= 11 is 3.54. The molecule has 0 radical (unpaired) electrons. The number of ether oxygens (including phenoxy) is 1. The lowest BCUT2D eigenvalue weighted by molar-refractivity contribution is 0.289. The molecule has 4 aromatic rings. The minimum Gasteiger partial charge on any atom is -0.469 e. The Bertz CT molecular complexity index is 1110. The van der Waals surface area contributed by atoms with Crippen LogP contribution in [0.3, 0.4) is 0 Å². The molecule has 134 valence electrons. The molecule has 0 fully saturated rings. The molecule has 1 aromatic carbocycles. The SMILES string of the molecule is Brc1ccc2c(c1)CCN2c1nnc(OCc2ccncc2)c2occc12. The van der Waals surface area contributed by atoms with Crippen molar-refractivity contribution < 1.29 is 9.15 Å². The van der Waals surface area contributed by atoms with Crippen LogP contribution in [0.25, 0.3) is 11.0 Å². The van der Waals surface area contributed by atoms with Crippen LogP contribution in [0.15, 0.2) is 63.9 Å². The fourth-order valence-corrected chi connectivity index (χ4v) is 3.77. The molecular formula is C20H15BrN4O2. The standard InChI is InChI=1S/C20H15BrN4O2/c21-15-1-2-17-14(11-15)5-9-25(17)19-16-6-10-26-18(16)20(24-23-19)27-12-13-3-7-22-8-4-13/h1-4,6-8,10-11H,5,9,12H2. The van der Waals surface area contributed by atoms with Crippen molar-refractivity contribution >= 4 is 38.4 Å². The quantitative estimate of drug-likeness (QED) is 0.476. The van der Waals surface area contributed by atoms with Crippen molar-refractivity contribution in [3.63, 3.8) is 0 Å². The Morgan fingerprint density at radius 2 is 2.00 bits per heavy atom. The van der Waals surface area contributed by atoms with Gasteiger partial charge in [0.05, 0.1) is 11.6 Å². The van der Waals surface area contributed by atoms with Gasteiger partial charge in [0.15, 0.2) is 5.82 Å². The molecule has 0 amide bonds. The molecule has 6 nitrogen and oxygen atoms in total. The molecule has 0 saturated carbocycles. The number of hydrogen-bond donors (Lipinski definition) is 0. The predicted octanol–water partition coefficient (Wildman–Crippen LogP) is 4.65. The molecule has 3 aromatic heterocycles. The zero-order valence-electron chi connectivity index (χ0n) is 14.3.